The summed E-state index contributed by atoms with van der Waals surface area (Å²) in [5, 5.41) is 113. The van der Waals surface area contributed by atoms with Crippen molar-refractivity contribution in [2.75, 3.05) is 20.3 Å². The van der Waals surface area contributed by atoms with Crippen molar-refractivity contribution in [2.24, 2.45) is 0 Å². The average Bonchev–Trinajstić information content (AvgIpc) is 3.16. The molecule has 3 fully saturated rings. The number of aromatic hydroxyl groups is 1. The van der Waals surface area contributed by atoms with E-state index in [-0.39, 0.29) is 33.8 Å². The van der Waals surface area contributed by atoms with Crippen molar-refractivity contribution in [1.82, 2.24) is 0 Å². The van der Waals surface area contributed by atoms with Gasteiger partial charge >= 0.3 is 0 Å². The monoisotopic (exact) mass is 770 g/mol. The molecule has 54 heavy (non-hydrogen) atoms. The summed E-state index contributed by atoms with van der Waals surface area (Å²) in [6, 6.07) is 7.90. The first-order valence-electron chi connectivity index (χ1n) is 16.8. The maximum absolute atomic E-state index is 14.2. The molecule has 6 unspecified atom stereocenters. The Bertz CT molecular complexity index is 1800. The number of rotatable bonds is 10. The SMILES string of the molecule is COc1cc(O)c2c(=O)c(O[C@@H]3OC(CO)[C@@H](O)[C@H](O)C3O[C@@H]3OC(C)[C@H](O)C(O)[C@@H]3O)c(-c3ccc(O[C@@H]4OC(CO)[C@@H](O)[C@H](O)C4O)cc3)oc2c1. The molecule has 2 aromatic carbocycles. The molecule has 0 radical (unpaired) electrons. The quantitative estimate of drug-likeness (QED) is 0.0948. The molecule has 20 heteroatoms. The lowest BCUT2D eigenvalue weighted by atomic mass is 9.97. The van der Waals surface area contributed by atoms with Crippen LogP contribution in [0, 0.1) is 0 Å². The molecule has 3 saturated heterocycles. The fraction of sp³-hybridized carbons (Fsp3) is 0.559. The molecule has 15 atom stereocenters. The van der Waals surface area contributed by atoms with E-state index in [4.69, 9.17) is 37.6 Å². The highest BCUT2D eigenvalue weighted by atomic mass is 16.8. The Kier molecular flexibility index (Phi) is 12.0. The number of aliphatic hydroxyl groups excluding tert-OH is 10. The van der Waals surface area contributed by atoms with Crippen LogP contribution >= 0.6 is 0 Å². The van der Waals surface area contributed by atoms with Gasteiger partial charge in [-0.1, -0.05) is 0 Å². The predicted molar refractivity (Wildman–Crippen MR) is 176 cm³/mol. The molecule has 20 nitrogen and oxygen atoms in total. The molecular formula is C34H42O20. The zero-order valence-electron chi connectivity index (χ0n) is 28.6. The Morgan fingerprint density at radius 3 is 1.89 bits per heavy atom. The first-order valence-corrected chi connectivity index (χ1v) is 16.8. The van der Waals surface area contributed by atoms with E-state index in [1.54, 1.807) is 0 Å². The predicted octanol–water partition coefficient (Wildman–Crippen LogP) is -3.62. The van der Waals surface area contributed by atoms with E-state index in [1.807, 2.05) is 0 Å². The molecule has 0 aliphatic carbocycles. The van der Waals surface area contributed by atoms with Crippen LogP contribution in [0.3, 0.4) is 0 Å². The minimum atomic E-state index is -1.93. The third-order valence-electron chi connectivity index (χ3n) is 9.52. The Hall–Kier alpha value is -3.71. The molecule has 3 aromatic rings. The van der Waals surface area contributed by atoms with Gasteiger partial charge in [-0.2, -0.15) is 0 Å². The van der Waals surface area contributed by atoms with E-state index in [1.165, 1.54) is 44.4 Å². The van der Waals surface area contributed by atoms with Gasteiger partial charge in [0.25, 0.3) is 0 Å². The van der Waals surface area contributed by atoms with E-state index in [0.29, 0.717) is 0 Å². The molecular weight excluding hydrogens is 728 g/mol. The fourth-order valence-corrected chi connectivity index (χ4v) is 6.35. The molecule has 6 rings (SSSR count). The van der Waals surface area contributed by atoms with Gasteiger partial charge in [-0.25, -0.2) is 0 Å². The van der Waals surface area contributed by atoms with Gasteiger partial charge in [0, 0.05) is 17.7 Å². The second-order valence-corrected chi connectivity index (χ2v) is 13.1. The lowest BCUT2D eigenvalue weighted by molar-refractivity contribution is -0.354. The summed E-state index contributed by atoms with van der Waals surface area (Å²) in [6.45, 7) is -0.147. The molecule has 3 aliphatic rings. The van der Waals surface area contributed by atoms with Crippen LogP contribution in [0.4, 0.5) is 0 Å². The van der Waals surface area contributed by atoms with Gasteiger partial charge in [-0.15, -0.1) is 0 Å². The summed E-state index contributed by atoms with van der Waals surface area (Å²) in [7, 11) is 1.32. The zero-order valence-corrected chi connectivity index (χ0v) is 28.6. The first-order chi connectivity index (χ1) is 25.7. The Balaban J connectivity index is 1.38. The van der Waals surface area contributed by atoms with Crippen LogP contribution in [0.1, 0.15) is 6.92 Å². The summed E-state index contributed by atoms with van der Waals surface area (Å²) in [4.78, 5) is 14.2. The second-order valence-electron chi connectivity index (χ2n) is 13.1. The van der Waals surface area contributed by atoms with Gasteiger partial charge in [0.1, 0.15) is 89.3 Å². The van der Waals surface area contributed by atoms with Crippen molar-refractivity contribution < 1.29 is 93.7 Å². The molecule has 0 saturated carbocycles. The smallest absolute Gasteiger partial charge is 0.239 e. The molecule has 3 aliphatic heterocycles. The van der Waals surface area contributed by atoms with Gasteiger partial charge in [0.2, 0.25) is 23.8 Å². The Labute approximate surface area is 305 Å². The van der Waals surface area contributed by atoms with E-state index in [0.717, 1.165) is 6.07 Å². The second kappa shape index (κ2) is 16.2. The zero-order chi connectivity index (χ0) is 39.2. The summed E-state index contributed by atoms with van der Waals surface area (Å²) >= 11 is 0. The van der Waals surface area contributed by atoms with Crippen LogP contribution in [0.2, 0.25) is 0 Å². The van der Waals surface area contributed by atoms with E-state index < -0.39 is 122 Å². The van der Waals surface area contributed by atoms with Gasteiger partial charge in [0.05, 0.1) is 26.4 Å². The fourth-order valence-electron chi connectivity index (χ4n) is 6.35. The van der Waals surface area contributed by atoms with Crippen LogP contribution in [0.15, 0.2) is 45.6 Å². The Morgan fingerprint density at radius 1 is 0.667 bits per heavy atom. The number of benzene rings is 2. The van der Waals surface area contributed by atoms with E-state index in [2.05, 4.69) is 0 Å². The van der Waals surface area contributed by atoms with Gasteiger partial charge in [-0.3, -0.25) is 4.79 Å². The summed E-state index contributed by atoms with van der Waals surface area (Å²) in [6.07, 6.45) is -24.6. The molecule has 0 bridgehead atoms. The lowest BCUT2D eigenvalue weighted by Crippen LogP contribution is -2.64. The van der Waals surface area contributed by atoms with Crippen molar-refractivity contribution in [1.29, 1.82) is 0 Å². The number of hydrogen-bond donors (Lipinski definition) is 11. The van der Waals surface area contributed by atoms with Crippen LogP contribution in [0.25, 0.3) is 22.3 Å². The third-order valence-corrected chi connectivity index (χ3v) is 9.52. The van der Waals surface area contributed by atoms with E-state index >= 15 is 0 Å². The number of hydrogen-bond acceptors (Lipinski definition) is 20. The molecule has 0 amide bonds. The molecule has 1 aromatic heterocycles. The normalized spacial score (nSPS) is 37.2. The first kappa shape index (κ1) is 40.0. The number of methoxy groups -OCH3 is 1. The van der Waals surface area contributed by atoms with Crippen molar-refractivity contribution in [3.05, 3.63) is 46.6 Å². The van der Waals surface area contributed by atoms with Crippen LogP contribution in [-0.4, -0.2) is 169 Å². The Morgan fingerprint density at radius 2 is 1.26 bits per heavy atom. The van der Waals surface area contributed by atoms with E-state index in [9.17, 15) is 61.0 Å². The number of phenolic OH excluding ortho intramolecular Hbond substituents is 1. The minimum absolute atomic E-state index is 0.0487. The van der Waals surface area contributed by atoms with Crippen molar-refractivity contribution in [3.8, 4) is 34.3 Å². The van der Waals surface area contributed by atoms with Crippen LogP contribution in [0.5, 0.6) is 23.0 Å². The van der Waals surface area contributed by atoms with Crippen molar-refractivity contribution in [2.45, 2.75) is 99.0 Å². The average molecular weight is 771 g/mol. The highest BCUT2D eigenvalue weighted by Crippen LogP contribution is 2.39. The number of phenols is 1. The minimum Gasteiger partial charge on any atom is -0.507 e. The van der Waals surface area contributed by atoms with Crippen molar-refractivity contribution >= 4 is 11.0 Å². The molecule has 0 spiro atoms. The van der Waals surface area contributed by atoms with Crippen LogP contribution in [-0.2, 0) is 18.9 Å². The lowest BCUT2D eigenvalue weighted by Gasteiger charge is -2.45. The van der Waals surface area contributed by atoms with Gasteiger partial charge in [-0.05, 0) is 31.2 Å². The number of aliphatic hydroxyl groups is 10. The third kappa shape index (κ3) is 7.46. The van der Waals surface area contributed by atoms with Gasteiger partial charge < -0.3 is 93.7 Å². The highest BCUT2D eigenvalue weighted by molar-refractivity contribution is 5.88. The maximum atomic E-state index is 14.2. The summed E-state index contributed by atoms with van der Waals surface area (Å²) in [5.41, 5.74) is -1.02. The van der Waals surface area contributed by atoms with Crippen LogP contribution < -0.4 is 19.6 Å². The summed E-state index contributed by atoms with van der Waals surface area (Å²) in [5.74, 6) is -1.35. The maximum Gasteiger partial charge on any atom is 0.239 e. The van der Waals surface area contributed by atoms with Gasteiger partial charge in [0.15, 0.2) is 18.2 Å². The topological polar surface area (TPSA) is 317 Å². The van der Waals surface area contributed by atoms with Crippen molar-refractivity contribution in [3.63, 3.8) is 0 Å². The molecule has 298 valence electrons. The molecule has 4 heterocycles. The number of ether oxygens (including phenoxy) is 7. The summed E-state index contributed by atoms with van der Waals surface area (Å²) < 4.78 is 45.4. The molecule has 11 N–H and O–H groups in total. The number of fused-ring (bicyclic) bond motifs is 1. The highest BCUT2D eigenvalue weighted by Gasteiger charge is 2.51. The largest absolute Gasteiger partial charge is 0.507 e. The standard InChI is InChI=1S/C34H42O20/c1-11-20(38)24(42)27(45)32(48-11)54-31-26(44)22(40)18(10-36)52-34(31)53-30-23(41)19-15(37)7-14(47-2)8-16(19)50-29(30)12-3-5-13(6-4-12)49-33-28(46)25(43)21(39)17(9-35)51-33/h3-8,11,17-18,20-22,24-28,31-40,42-46H,9-10H2,1-2H3/t11?,17?,18?,20-,21+,22+,24?,25-,26-,27-,28?,31?,32-,33+,34-/m0/s1.